The van der Waals surface area contributed by atoms with Crippen LogP contribution in [-0.4, -0.2) is 25.0 Å². The highest BCUT2D eigenvalue weighted by molar-refractivity contribution is 5.95. The van der Waals surface area contributed by atoms with Crippen molar-refractivity contribution in [3.63, 3.8) is 0 Å². The van der Waals surface area contributed by atoms with Crippen LogP contribution < -0.4 is 5.32 Å². The van der Waals surface area contributed by atoms with Crippen molar-refractivity contribution in [2.75, 3.05) is 13.2 Å². The van der Waals surface area contributed by atoms with Crippen LogP contribution in [0.1, 0.15) is 49.0 Å². The van der Waals surface area contributed by atoms with Gasteiger partial charge in [0.25, 0.3) is 5.91 Å². The minimum atomic E-state index is -0.260. The molecule has 0 aromatic heterocycles. The quantitative estimate of drug-likeness (QED) is 0.591. The second kappa shape index (κ2) is 9.16. The van der Waals surface area contributed by atoms with Crippen molar-refractivity contribution in [2.24, 2.45) is 5.92 Å². The number of rotatable bonds is 8. The Morgan fingerprint density at radius 3 is 2.62 bits per heavy atom. The lowest BCUT2D eigenvalue weighted by Crippen LogP contribution is -2.27. The Morgan fingerprint density at radius 2 is 1.95 bits per heavy atom. The molecule has 0 aliphatic carbocycles. The summed E-state index contributed by atoms with van der Waals surface area (Å²) in [4.78, 5) is 23.4. The standard InChI is InChI=1S/C17H25NO3/c1-13(2)7-6-12-21-16(19)10-11-18-17(20)15-9-5-4-8-14(15)3/h4-5,8-9,13H,6-7,10-12H2,1-3H3,(H,18,20). The van der Waals surface area contributed by atoms with Crippen molar-refractivity contribution in [1.29, 1.82) is 0 Å². The van der Waals surface area contributed by atoms with E-state index in [0.717, 1.165) is 18.4 Å². The van der Waals surface area contributed by atoms with E-state index in [1.165, 1.54) is 0 Å². The third-order valence-electron chi connectivity index (χ3n) is 3.19. The predicted molar refractivity (Wildman–Crippen MR) is 83.2 cm³/mol. The summed E-state index contributed by atoms with van der Waals surface area (Å²) in [6.07, 6.45) is 2.15. The van der Waals surface area contributed by atoms with Gasteiger partial charge >= 0.3 is 5.97 Å². The first-order valence-corrected chi connectivity index (χ1v) is 7.50. The molecule has 4 heteroatoms. The van der Waals surface area contributed by atoms with E-state index >= 15 is 0 Å². The molecule has 0 aliphatic heterocycles. The molecule has 0 saturated carbocycles. The molecule has 1 amide bonds. The Morgan fingerprint density at radius 1 is 1.24 bits per heavy atom. The summed E-state index contributed by atoms with van der Waals surface area (Å²) < 4.78 is 5.11. The summed E-state index contributed by atoms with van der Waals surface area (Å²) in [5, 5.41) is 2.74. The second-order valence-electron chi connectivity index (χ2n) is 5.58. The van der Waals surface area contributed by atoms with Crippen LogP contribution in [0.4, 0.5) is 0 Å². The van der Waals surface area contributed by atoms with Crippen molar-refractivity contribution in [3.8, 4) is 0 Å². The van der Waals surface area contributed by atoms with Gasteiger partial charge in [-0.15, -0.1) is 0 Å². The van der Waals surface area contributed by atoms with Crippen LogP contribution in [0.2, 0.25) is 0 Å². The van der Waals surface area contributed by atoms with Crippen LogP contribution >= 0.6 is 0 Å². The number of aryl methyl sites for hydroxylation is 1. The molecular weight excluding hydrogens is 266 g/mol. The highest BCUT2D eigenvalue weighted by Gasteiger charge is 2.09. The average molecular weight is 291 g/mol. The maximum Gasteiger partial charge on any atom is 0.307 e. The molecule has 0 atom stereocenters. The molecule has 0 unspecified atom stereocenters. The minimum absolute atomic E-state index is 0.152. The van der Waals surface area contributed by atoms with Gasteiger partial charge in [0.15, 0.2) is 0 Å². The zero-order valence-electron chi connectivity index (χ0n) is 13.1. The number of hydrogen-bond donors (Lipinski definition) is 1. The maximum atomic E-state index is 11.9. The number of carbonyl (C=O) groups excluding carboxylic acids is 2. The lowest BCUT2D eigenvalue weighted by atomic mass is 10.1. The summed E-state index contributed by atoms with van der Waals surface area (Å²) in [6, 6.07) is 7.37. The van der Waals surface area contributed by atoms with Gasteiger partial charge in [-0.1, -0.05) is 32.0 Å². The third kappa shape index (κ3) is 6.93. The number of ether oxygens (including phenoxy) is 1. The molecule has 0 saturated heterocycles. The first-order valence-electron chi connectivity index (χ1n) is 7.50. The number of amides is 1. The van der Waals surface area contributed by atoms with Gasteiger partial charge < -0.3 is 10.1 Å². The molecule has 116 valence electrons. The third-order valence-corrected chi connectivity index (χ3v) is 3.19. The van der Waals surface area contributed by atoms with E-state index in [4.69, 9.17) is 4.74 Å². The normalized spacial score (nSPS) is 10.5. The molecule has 21 heavy (non-hydrogen) atoms. The van der Waals surface area contributed by atoms with Crippen LogP contribution in [0.15, 0.2) is 24.3 Å². The number of hydrogen-bond acceptors (Lipinski definition) is 3. The predicted octanol–water partition coefficient (Wildman–Crippen LogP) is 3.09. The molecule has 0 radical (unpaired) electrons. The second-order valence-corrected chi connectivity index (χ2v) is 5.58. The number of carbonyl (C=O) groups is 2. The van der Waals surface area contributed by atoms with Gasteiger partial charge in [0, 0.05) is 12.1 Å². The molecule has 0 spiro atoms. The smallest absolute Gasteiger partial charge is 0.307 e. The van der Waals surface area contributed by atoms with Crippen LogP contribution in [-0.2, 0) is 9.53 Å². The minimum Gasteiger partial charge on any atom is -0.466 e. The van der Waals surface area contributed by atoms with Gasteiger partial charge in [-0.3, -0.25) is 9.59 Å². The van der Waals surface area contributed by atoms with Gasteiger partial charge in [-0.25, -0.2) is 0 Å². The van der Waals surface area contributed by atoms with Crippen LogP contribution in [0.3, 0.4) is 0 Å². The van der Waals surface area contributed by atoms with Crippen LogP contribution in [0.5, 0.6) is 0 Å². The molecule has 0 fully saturated rings. The Hall–Kier alpha value is -1.84. The SMILES string of the molecule is Cc1ccccc1C(=O)NCCC(=O)OCCCC(C)C. The fourth-order valence-corrected chi connectivity index (χ4v) is 1.95. The first-order chi connectivity index (χ1) is 10.0. The van der Waals surface area contributed by atoms with Crippen LogP contribution in [0.25, 0.3) is 0 Å². The zero-order valence-corrected chi connectivity index (χ0v) is 13.1. The van der Waals surface area contributed by atoms with E-state index in [-0.39, 0.29) is 18.3 Å². The summed E-state index contributed by atoms with van der Waals surface area (Å²) in [5.41, 5.74) is 1.56. The highest BCUT2D eigenvalue weighted by atomic mass is 16.5. The van der Waals surface area contributed by atoms with Crippen LogP contribution in [0, 0.1) is 12.8 Å². The van der Waals surface area contributed by atoms with Crippen molar-refractivity contribution < 1.29 is 14.3 Å². The zero-order chi connectivity index (χ0) is 15.7. The van der Waals surface area contributed by atoms with Crippen molar-refractivity contribution >= 4 is 11.9 Å². The molecule has 1 rings (SSSR count). The molecular formula is C17H25NO3. The Labute approximate surface area is 126 Å². The van der Waals surface area contributed by atoms with Crippen molar-refractivity contribution in [2.45, 2.75) is 40.0 Å². The molecule has 4 nitrogen and oxygen atoms in total. The van der Waals surface area contributed by atoms with E-state index in [9.17, 15) is 9.59 Å². The lowest BCUT2D eigenvalue weighted by Gasteiger charge is -2.08. The molecule has 1 N–H and O–H groups in total. The average Bonchev–Trinajstić information content (AvgIpc) is 2.43. The van der Waals surface area contributed by atoms with E-state index in [2.05, 4.69) is 19.2 Å². The highest BCUT2D eigenvalue weighted by Crippen LogP contribution is 2.06. The van der Waals surface area contributed by atoms with Gasteiger partial charge in [-0.05, 0) is 37.3 Å². The van der Waals surface area contributed by atoms with E-state index < -0.39 is 0 Å². The Balaban J connectivity index is 2.20. The molecule has 0 heterocycles. The fraction of sp³-hybridized carbons (Fsp3) is 0.529. The number of esters is 1. The molecule has 0 bridgehead atoms. The fourth-order valence-electron chi connectivity index (χ4n) is 1.95. The maximum absolute atomic E-state index is 11.9. The number of nitrogens with one attached hydrogen (secondary N) is 1. The van der Waals surface area contributed by atoms with Crippen molar-refractivity contribution in [1.82, 2.24) is 5.32 Å². The monoisotopic (exact) mass is 291 g/mol. The van der Waals surface area contributed by atoms with Gasteiger partial charge in [0.05, 0.1) is 13.0 Å². The van der Waals surface area contributed by atoms with E-state index in [0.29, 0.717) is 24.6 Å². The molecule has 1 aromatic carbocycles. The summed E-state index contributed by atoms with van der Waals surface area (Å²) in [7, 11) is 0. The summed E-state index contributed by atoms with van der Waals surface area (Å²) >= 11 is 0. The van der Waals surface area contributed by atoms with Gasteiger partial charge in [-0.2, -0.15) is 0 Å². The largest absolute Gasteiger partial charge is 0.466 e. The Kier molecular flexibility index (Phi) is 7.51. The number of benzene rings is 1. The summed E-state index contributed by atoms with van der Waals surface area (Å²) in [6.45, 7) is 6.93. The molecule has 0 aliphatic rings. The van der Waals surface area contributed by atoms with Gasteiger partial charge in [0.1, 0.15) is 0 Å². The van der Waals surface area contributed by atoms with Gasteiger partial charge in [0.2, 0.25) is 0 Å². The molecule has 1 aromatic rings. The van der Waals surface area contributed by atoms with Crippen molar-refractivity contribution in [3.05, 3.63) is 35.4 Å². The summed E-state index contributed by atoms with van der Waals surface area (Å²) in [5.74, 6) is 0.210. The van der Waals surface area contributed by atoms with E-state index in [1.807, 2.05) is 25.1 Å². The topological polar surface area (TPSA) is 55.4 Å². The van der Waals surface area contributed by atoms with E-state index in [1.54, 1.807) is 6.07 Å². The Bertz CT molecular complexity index is 469. The lowest BCUT2D eigenvalue weighted by molar-refractivity contribution is -0.143. The first kappa shape index (κ1) is 17.2.